The first-order valence-corrected chi connectivity index (χ1v) is 7.67. The number of carbonyl (C=O) groups excluding carboxylic acids is 1. The lowest BCUT2D eigenvalue weighted by Gasteiger charge is -2.08. The fourth-order valence-corrected chi connectivity index (χ4v) is 2.22. The third-order valence-electron chi connectivity index (χ3n) is 3.39. The molecule has 1 heterocycles. The van der Waals surface area contributed by atoms with Gasteiger partial charge in [-0.05, 0) is 17.7 Å². The van der Waals surface area contributed by atoms with Crippen LogP contribution in [-0.4, -0.2) is 20.8 Å². The Morgan fingerprint density at radius 1 is 1.15 bits per heavy atom. The molecule has 1 amide bonds. The molecule has 0 fully saturated rings. The van der Waals surface area contributed by atoms with Crippen molar-refractivity contribution in [1.82, 2.24) is 9.97 Å². The number of anilines is 1. The van der Waals surface area contributed by atoms with Crippen molar-refractivity contribution in [2.75, 3.05) is 5.32 Å². The number of carbonyl (C=O) groups is 1. The minimum Gasteiger partial charge on any atom is -0.437 e. The van der Waals surface area contributed by atoms with Gasteiger partial charge in [0, 0.05) is 36.3 Å². The van der Waals surface area contributed by atoms with E-state index in [2.05, 4.69) is 15.3 Å². The summed E-state index contributed by atoms with van der Waals surface area (Å²) in [4.78, 5) is 30.3. The van der Waals surface area contributed by atoms with Gasteiger partial charge in [-0.2, -0.15) is 0 Å². The van der Waals surface area contributed by atoms with Gasteiger partial charge in [-0.3, -0.25) is 19.9 Å². The average molecular weight is 350 g/mol. The lowest BCUT2D eigenvalue weighted by atomic mass is 10.1. The molecule has 0 aliphatic carbocycles. The molecule has 0 saturated heterocycles. The summed E-state index contributed by atoms with van der Waals surface area (Å²) in [5.41, 5.74) is 1.24. The highest BCUT2D eigenvalue weighted by molar-refractivity contribution is 5.92. The predicted molar refractivity (Wildman–Crippen MR) is 94.0 cm³/mol. The van der Waals surface area contributed by atoms with Gasteiger partial charge in [-0.15, -0.1) is 0 Å². The molecule has 2 aromatic carbocycles. The minimum absolute atomic E-state index is 0.0111. The number of hydrogen-bond acceptors (Lipinski definition) is 6. The Kier molecular flexibility index (Phi) is 5.14. The zero-order valence-electron chi connectivity index (χ0n) is 13.5. The van der Waals surface area contributed by atoms with Gasteiger partial charge in [0.25, 0.3) is 5.69 Å². The number of aromatic nitrogens is 2. The highest BCUT2D eigenvalue weighted by Gasteiger charge is 2.08. The maximum atomic E-state index is 12.2. The Balaban J connectivity index is 1.62. The van der Waals surface area contributed by atoms with Crippen LogP contribution in [0, 0.1) is 10.1 Å². The van der Waals surface area contributed by atoms with E-state index in [0.717, 1.165) is 0 Å². The summed E-state index contributed by atoms with van der Waals surface area (Å²) in [6.45, 7) is 0. The van der Waals surface area contributed by atoms with Crippen molar-refractivity contribution in [3.8, 4) is 11.6 Å². The molecule has 0 unspecified atom stereocenters. The highest BCUT2D eigenvalue weighted by Crippen LogP contribution is 2.22. The zero-order chi connectivity index (χ0) is 18.4. The summed E-state index contributed by atoms with van der Waals surface area (Å²) in [6, 6.07) is 12.8. The lowest BCUT2D eigenvalue weighted by Crippen LogP contribution is -2.14. The molecular formula is C18H14N4O4. The van der Waals surface area contributed by atoms with Crippen LogP contribution in [0.5, 0.6) is 11.6 Å². The molecule has 8 heteroatoms. The average Bonchev–Trinajstić information content (AvgIpc) is 2.63. The van der Waals surface area contributed by atoms with Crippen LogP contribution in [0.15, 0.2) is 67.1 Å². The molecule has 0 atom stereocenters. The second kappa shape index (κ2) is 7.84. The van der Waals surface area contributed by atoms with Crippen molar-refractivity contribution in [2.45, 2.75) is 6.42 Å². The standard InChI is InChI=1S/C18H14N4O4/c23-17(10-13-4-6-15(7-5-13)22(24)25)21-14-2-1-3-16(11-14)26-18-12-19-8-9-20-18/h1-9,11-12H,10H2,(H,21,23). The van der Waals surface area contributed by atoms with Crippen LogP contribution in [0.3, 0.4) is 0 Å². The number of nitrogens with one attached hydrogen (secondary N) is 1. The third kappa shape index (κ3) is 4.60. The van der Waals surface area contributed by atoms with Crippen LogP contribution in [0.1, 0.15) is 5.56 Å². The molecule has 0 saturated carbocycles. The number of benzene rings is 2. The van der Waals surface area contributed by atoms with Crippen molar-refractivity contribution >= 4 is 17.3 Å². The number of rotatable bonds is 6. The molecular weight excluding hydrogens is 336 g/mol. The van der Waals surface area contributed by atoms with Crippen molar-refractivity contribution in [3.05, 3.63) is 82.8 Å². The van der Waals surface area contributed by atoms with E-state index >= 15 is 0 Å². The molecule has 26 heavy (non-hydrogen) atoms. The van der Waals surface area contributed by atoms with Gasteiger partial charge in [-0.1, -0.05) is 18.2 Å². The second-order valence-corrected chi connectivity index (χ2v) is 5.32. The number of hydrogen-bond donors (Lipinski definition) is 1. The normalized spacial score (nSPS) is 10.2. The molecule has 0 spiro atoms. The van der Waals surface area contributed by atoms with E-state index in [1.54, 1.807) is 42.6 Å². The Bertz CT molecular complexity index is 914. The fourth-order valence-electron chi connectivity index (χ4n) is 2.22. The summed E-state index contributed by atoms with van der Waals surface area (Å²) in [6.07, 6.45) is 4.65. The number of ether oxygens (including phenoxy) is 1. The van der Waals surface area contributed by atoms with E-state index in [4.69, 9.17) is 4.74 Å². The SMILES string of the molecule is O=C(Cc1ccc([N+](=O)[O-])cc1)Nc1cccc(Oc2cnccn2)c1. The number of nitro benzene ring substituents is 1. The molecule has 1 N–H and O–H groups in total. The summed E-state index contributed by atoms with van der Waals surface area (Å²) in [5, 5.41) is 13.4. The first-order chi connectivity index (χ1) is 12.6. The Hall–Kier alpha value is -3.81. The zero-order valence-corrected chi connectivity index (χ0v) is 13.5. The maximum absolute atomic E-state index is 12.2. The molecule has 3 rings (SSSR count). The van der Waals surface area contributed by atoms with Gasteiger partial charge in [0.05, 0.1) is 17.5 Å². The van der Waals surface area contributed by atoms with Crippen LogP contribution in [0.2, 0.25) is 0 Å². The van der Waals surface area contributed by atoms with Crippen molar-refractivity contribution in [3.63, 3.8) is 0 Å². The molecule has 1 aromatic heterocycles. The Morgan fingerprint density at radius 3 is 2.65 bits per heavy atom. The van der Waals surface area contributed by atoms with Crippen LogP contribution < -0.4 is 10.1 Å². The van der Waals surface area contributed by atoms with Gasteiger partial charge in [0.15, 0.2) is 0 Å². The van der Waals surface area contributed by atoms with Crippen molar-refractivity contribution < 1.29 is 14.5 Å². The maximum Gasteiger partial charge on any atom is 0.269 e. The highest BCUT2D eigenvalue weighted by atomic mass is 16.6. The van der Waals surface area contributed by atoms with E-state index < -0.39 is 4.92 Å². The van der Waals surface area contributed by atoms with Crippen LogP contribution in [0.25, 0.3) is 0 Å². The Labute approximate surface area is 148 Å². The van der Waals surface area contributed by atoms with Crippen LogP contribution in [-0.2, 0) is 11.2 Å². The van der Waals surface area contributed by atoms with Crippen LogP contribution >= 0.6 is 0 Å². The van der Waals surface area contributed by atoms with E-state index in [-0.39, 0.29) is 18.0 Å². The summed E-state index contributed by atoms with van der Waals surface area (Å²) in [7, 11) is 0. The fraction of sp³-hybridized carbons (Fsp3) is 0.0556. The molecule has 8 nitrogen and oxygen atoms in total. The third-order valence-corrected chi connectivity index (χ3v) is 3.39. The van der Waals surface area contributed by atoms with Gasteiger partial charge in [0.2, 0.25) is 11.8 Å². The molecule has 0 aliphatic heterocycles. The van der Waals surface area contributed by atoms with Crippen molar-refractivity contribution in [1.29, 1.82) is 0 Å². The topological polar surface area (TPSA) is 107 Å². The number of non-ortho nitro benzene ring substituents is 1. The second-order valence-electron chi connectivity index (χ2n) is 5.32. The van der Waals surface area contributed by atoms with Gasteiger partial charge in [0.1, 0.15) is 5.75 Å². The van der Waals surface area contributed by atoms with Gasteiger partial charge in [-0.25, -0.2) is 4.98 Å². The van der Waals surface area contributed by atoms with E-state index in [1.165, 1.54) is 24.5 Å². The monoisotopic (exact) mass is 350 g/mol. The summed E-state index contributed by atoms with van der Waals surface area (Å²) in [5.74, 6) is 0.621. The number of nitrogens with zero attached hydrogens (tertiary/aromatic N) is 3. The lowest BCUT2D eigenvalue weighted by molar-refractivity contribution is -0.384. The summed E-state index contributed by atoms with van der Waals surface area (Å²) < 4.78 is 5.57. The van der Waals surface area contributed by atoms with E-state index in [0.29, 0.717) is 22.9 Å². The predicted octanol–water partition coefficient (Wildman–Crippen LogP) is 3.36. The smallest absolute Gasteiger partial charge is 0.269 e. The van der Waals surface area contributed by atoms with Crippen LogP contribution in [0.4, 0.5) is 11.4 Å². The van der Waals surface area contributed by atoms with Gasteiger partial charge >= 0.3 is 0 Å². The molecule has 0 aliphatic rings. The summed E-state index contributed by atoms with van der Waals surface area (Å²) >= 11 is 0. The Morgan fingerprint density at radius 2 is 1.96 bits per heavy atom. The number of amides is 1. The molecule has 130 valence electrons. The van der Waals surface area contributed by atoms with E-state index in [1.807, 2.05) is 0 Å². The minimum atomic E-state index is -0.480. The largest absolute Gasteiger partial charge is 0.437 e. The van der Waals surface area contributed by atoms with Crippen molar-refractivity contribution in [2.24, 2.45) is 0 Å². The van der Waals surface area contributed by atoms with Gasteiger partial charge < -0.3 is 10.1 Å². The quantitative estimate of drug-likeness (QED) is 0.539. The molecule has 3 aromatic rings. The molecule has 0 bridgehead atoms. The number of nitro groups is 1. The first kappa shape index (κ1) is 17.0. The molecule has 0 radical (unpaired) electrons. The van der Waals surface area contributed by atoms with E-state index in [9.17, 15) is 14.9 Å². The first-order valence-electron chi connectivity index (χ1n) is 7.67.